The lowest BCUT2D eigenvalue weighted by Gasteiger charge is -2.50. The van der Waals surface area contributed by atoms with Crippen molar-refractivity contribution in [2.75, 3.05) is 81.3 Å². The van der Waals surface area contributed by atoms with Crippen LogP contribution in [0.3, 0.4) is 0 Å². The number of fused-ring (bicyclic) bond motifs is 3. The summed E-state index contributed by atoms with van der Waals surface area (Å²) in [5.41, 5.74) is 2.71. The molecule has 4 fully saturated rings. The minimum atomic E-state index is -0.959. The van der Waals surface area contributed by atoms with Crippen LogP contribution in [0.25, 0.3) is 11.3 Å². The summed E-state index contributed by atoms with van der Waals surface area (Å²) in [6.45, 7) is 11.7. The molecule has 2 N–H and O–H groups in total. The zero-order chi connectivity index (χ0) is 43.0. The van der Waals surface area contributed by atoms with E-state index >= 15 is 0 Å². The number of carbonyl (C=O) groups excluding carboxylic acids is 5. The molecule has 0 aliphatic carbocycles. The third-order valence-electron chi connectivity index (χ3n) is 13.2. The molecule has 5 aliphatic heterocycles. The number of piperazine rings is 1. The fourth-order valence-corrected chi connectivity index (χ4v) is 9.68. The average molecular weight is 836 g/mol. The molecule has 0 radical (unpaired) electrons. The Labute approximate surface area is 356 Å². The Balaban J connectivity index is 0.856. The number of aromatic nitrogens is 2. The third-order valence-corrected chi connectivity index (χ3v) is 13.2. The number of likely N-dealkylation sites (tertiary alicyclic amines) is 2. The van der Waals surface area contributed by atoms with Crippen molar-refractivity contribution in [1.82, 2.24) is 29.8 Å². The van der Waals surface area contributed by atoms with Gasteiger partial charge in [0.25, 0.3) is 11.8 Å². The lowest BCUT2D eigenvalue weighted by atomic mass is 9.94. The van der Waals surface area contributed by atoms with Crippen molar-refractivity contribution < 1.29 is 33.8 Å². The summed E-state index contributed by atoms with van der Waals surface area (Å²) in [6.07, 6.45) is 4.87. The van der Waals surface area contributed by atoms with Crippen LogP contribution in [0.2, 0.25) is 0 Å². The van der Waals surface area contributed by atoms with Gasteiger partial charge in [-0.3, -0.25) is 28.9 Å². The number of benzene rings is 2. The van der Waals surface area contributed by atoms with Crippen molar-refractivity contribution in [3.63, 3.8) is 0 Å². The smallest absolute Gasteiger partial charge is 0.312 e. The van der Waals surface area contributed by atoms with E-state index in [0.717, 1.165) is 94.4 Å². The molecule has 6 heterocycles. The summed E-state index contributed by atoms with van der Waals surface area (Å²) in [4.78, 5) is 77.5. The van der Waals surface area contributed by atoms with Gasteiger partial charge in [-0.25, -0.2) is 4.90 Å². The molecule has 4 saturated heterocycles. The molecule has 0 saturated carbocycles. The molecule has 2 aromatic carbocycles. The number of anilines is 3. The number of nitrogens with zero attached hydrogens (tertiary/aromatic N) is 8. The topological polar surface area (TPSA) is 172 Å². The molecule has 5 aliphatic rings. The normalized spacial score (nSPS) is 22.0. The van der Waals surface area contributed by atoms with Gasteiger partial charge >= 0.3 is 5.97 Å². The molecule has 324 valence electrons. The molecule has 3 aromatic rings. The maximum Gasteiger partial charge on any atom is 0.312 e. The number of ether oxygens (including phenoxy) is 1. The van der Waals surface area contributed by atoms with E-state index in [1.165, 1.54) is 11.9 Å². The number of amides is 3. The van der Waals surface area contributed by atoms with Crippen LogP contribution >= 0.6 is 0 Å². The standard InChI is InChI=1S/C45H57N9O7/c1-45(2,3)44(60)61-28-54-39(57)13-12-36(42(54)58)49(4)43(59)40-29(27-55)8-7-10-35(40)51-20-16-30(17-21-51)50-18-14-31(15-19-50)52-22-23-53-32(26-52)25-46-41-37(53)24-34(47-48-41)33-9-5-6-11-38(33)56/h5-11,24,27,30-32,36,56H,12-23,25-26,28H2,1-4H3,(H,46,48). The number of esters is 1. The van der Waals surface area contributed by atoms with Gasteiger partial charge in [-0.1, -0.05) is 24.3 Å². The van der Waals surface area contributed by atoms with Crippen LogP contribution < -0.4 is 15.1 Å². The highest BCUT2D eigenvalue weighted by Crippen LogP contribution is 2.37. The molecular weight excluding hydrogens is 779 g/mol. The first-order valence-electron chi connectivity index (χ1n) is 21.6. The SMILES string of the molecule is CN(C(=O)c1c(C=O)cccc1N1CCC(N2CCC(N3CCN4c5cc(-c6ccccc6O)nnc5NCC4C3)CC2)CC1)C1CCC(=O)N(COC(=O)C(C)(C)C)C1=O. The third kappa shape index (κ3) is 8.52. The predicted molar refractivity (Wildman–Crippen MR) is 229 cm³/mol. The van der Waals surface area contributed by atoms with E-state index in [1.807, 2.05) is 24.3 Å². The number of likely N-dealkylation sites (N-methyl/N-ethyl adjacent to an activating group) is 1. The van der Waals surface area contributed by atoms with Gasteiger partial charge in [-0.15, -0.1) is 10.2 Å². The number of rotatable bonds is 9. The molecule has 8 rings (SSSR count). The van der Waals surface area contributed by atoms with Crippen molar-refractivity contribution in [1.29, 1.82) is 0 Å². The fraction of sp³-hybridized carbons (Fsp3) is 0.533. The quantitative estimate of drug-likeness (QED) is 0.181. The van der Waals surface area contributed by atoms with Gasteiger partial charge in [0.1, 0.15) is 11.8 Å². The van der Waals surface area contributed by atoms with Crippen LogP contribution in [0.5, 0.6) is 5.75 Å². The van der Waals surface area contributed by atoms with Crippen molar-refractivity contribution in [3.05, 3.63) is 59.7 Å². The first-order valence-corrected chi connectivity index (χ1v) is 21.6. The number of imide groups is 1. The Kier molecular flexibility index (Phi) is 12.0. The minimum Gasteiger partial charge on any atom is -0.507 e. The van der Waals surface area contributed by atoms with E-state index in [0.29, 0.717) is 41.4 Å². The Hall–Kier alpha value is -5.61. The van der Waals surface area contributed by atoms with Crippen LogP contribution in [-0.4, -0.2) is 155 Å². The fourth-order valence-electron chi connectivity index (χ4n) is 9.68. The van der Waals surface area contributed by atoms with E-state index in [2.05, 4.69) is 35.1 Å². The van der Waals surface area contributed by atoms with Crippen molar-refractivity contribution in [2.45, 2.75) is 83.5 Å². The summed E-state index contributed by atoms with van der Waals surface area (Å²) in [6, 6.07) is 14.8. The summed E-state index contributed by atoms with van der Waals surface area (Å²) < 4.78 is 5.29. The zero-order valence-corrected chi connectivity index (χ0v) is 35.6. The zero-order valence-electron chi connectivity index (χ0n) is 35.6. The number of phenolic OH excluding ortho intramolecular Hbond substituents is 1. The van der Waals surface area contributed by atoms with Gasteiger partial charge in [-0.2, -0.15) is 0 Å². The molecule has 61 heavy (non-hydrogen) atoms. The van der Waals surface area contributed by atoms with Gasteiger partial charge in [0.15, 0.2) is 18.8 Å². The summed E-state index contributed by atoms with van der Waals surface area (Å²) >= 11 is 0. The minimum absolute atomic E-state index is 0.0112. The number of aldehydes is 1. The molecular formula is C45H57N9O7. The Morgan fingerprint density at radius 1 is 0.885 bits per heavy atom. The van der Waals surface area contributed by atoms with Crippen LogP contribution in [0.4, 0.5) is 17.2 Å². The van der Waals surface area contributed by atoms with Crippen molar-refractivity contribution in [2.24, 2.45) is 5.41 Å². The maximum atomic E-state index is 14.3. The second kappa shape index (κ2) is 17.4. The average Bonchev–Trinajstić information content (AvgIpc) is 3.27. The number of nitrogens with one attached hydrogen (secondary N) is 1. The number of phenols is 1. The molecule has 16 heteroatoms. The Morgan fingerprint density at radius 2 is 1.61 bits per heavy atom. The van der Waals surface area contributed by atoms with Crippen molar-refractivity contribution in [3.8, 4) is 17.0 Å². The van der Waals surface area contributed by atoms with E-state index in [1.54, 1.807) is 45.0 Å². The number of hydrogen-bond acceptors (Lipinski definition) is 14. The number of aromatic hydroxyl groups is 1. The summed E-state index contributed by atoms with van der Waals surface area (Å²) in [5.74, 6) is -1.12. The van der Waals surface area contributed by atoms with Gasteiger partial charge in [-0.05, 0) is 90.2 Å². The van der Waals surface area contributed by atoms with Gasteiger partial charge in [0.05, 0.1) is 34.1 Å². The lowest BCUT2D eigenvalue weighted by Crippen LogP contribution is -2.61. The Bertz CT molecular complexity index is 2160. The molecule has 1 aromatic heterocycles. The van der Waals surface area contributed by atoms with E-state index in [4.69, 9.17) is 4.74 Å². The summed E-state index contributed by atoms with van der Waals surface area (Å²) in [5, 5.41) is 22.8. The Morgan fingerprint density at radius 3 is 2.33 bits per heavy atom. The maximum absolute atomic E-state index is 14.3. The highest BCUT2D eigenvalue weighted by Gasteiger charge is 2.41. The van der Waals surface area contributed by atoms with E-state index < -0.39 is 41.9 Å². The largest absolute Gasteiger partial charge is 0.507 e. The highest BCUT2D eigenvalue weighted by molar-refractivity contribution is 6.09. The lowest BCUT2D eigenvalue weighted by molar-refractivity contribution is -0.168. The predicted octanol–water partition coefficient (Wildman–Crippen LogP) is 3.85. The number of para-hydroxylation sites is 1. The molecule has 2 unspecified atom stereocenters. The van der Waals surface area contributed by atoms with Gasteiger partial charge in [0.2, 0.25) is 5.91 Å². The van der Waals surface area contributed by atoms with Crippen molar-refractivity contribution >= 4 is 47.2 Å². The van der Waals surface area contributed by atoms with E-state index in [-0.39, 0.29) is 29.7 Å². The van der Waals surface area contributed by atoms with Crippen LogP contribution in [0.1, 0.15) is 80.0 Å². The number of hydrogen-bond donors (Lipinski definition) is 2. The molecule has 0 bridgehead atoms. The molecule has 0 spiro atoms. The van der Waals surface area contributed by atoms with Crippen LogP contribution in [0, 0.1) is 5.41 Å². The number of carbonyl (C=O) groups is 5. The van der Waals surface area contributed by atoms with Crippen LogP contribution in [-0.2, 0) is 19.1 Å². The van der Waals surface area contributed by atoms with Gasteiger partial charge in [0, 0.05) is 75.9 Å². The summed E-state index contributed by atoms with van der Waals surface area (Å²) in [7, 11) is 1.52. The first-order chi connectivity index (χ1) is 29.3. The molecule has 16 nitrogen and oxygen atoms in total. The molecule has 3 amide bonds. The van der Waals surface area contributed by atoms with Crippen LogP contribution in [0.15, 0.2) is 48.5 Å². The molecule has 2 atom stereocenters. The second-order valence-corrected chi connectivity index (χ2v) is 18.0. The van der Waals surface area contributed by atoms with Gasteiger partial charge < -0.3 is 34.8 Å². The highest BCUT2D eigenvalue weighted by atomic mass is 16.5. The first kappa shape index (κ1) is 42.1. The monoisotopic (exact) mass is 835 g/mol. The second-order valence-electron chi connectivity index (χ2n) is 18.0. The number of piperidine rings is 3. The van der Waals surface area contributed by atoms with E-state index in [9.17, 15) is 29.1 Å².